The lowest BCUT2D eigenvalue weighted by Gasteiger charge is -2.26. The molecule has 2 aromatic rings. The molecule has 2 N–H and O–H groups in total. The third-order valence-electron chi connectivity index (χ3n) is 4.66. The van der Waals surface area contributed by atoms with Crippen LogP contribution in [0, 0.1) is 0 Å². The topological polar surface area (TPSA) is 96.3 Å². The van der Waals surface area contributed by atoms with Crippen molar-refractivity contribution in [2.45, 2.75) is 6.04 Å². The molecule has 7 nitrogen and oxygen atoms in total. The van der Waals surface area contributed by atoms with Crippen molar-refractivity contribution >= 4 is 17.4 Å². The van der Waals surface area contributed by atoms with Crippen molar-refractivity contribution in [2.24, 2.45) is 0 Å². The van der Waals surface area contributed by atoms with E-state index in [2.05, 4.69) is 0 Å². The number of benzene rings is 2. The molecule has 0 radical (unpaired) electrons. The first kappa shape index (κ1) is 19.4. The first-order valence-electron chi connectivity index (χ1n) is 8.70. The third kappa shape index (κ3) is 3.32. The van der Waals surface area contributed by atoms with Gasteiger partial charge in [-0.15, -0.1) is 0 Å². The molecule has 2 aromatic carbocycles. The third-order valence-corrected chi connectivity index (χ3v) is 4.66. The van der Waals surface area contributed by atoms with Gasteiger partial charge in [-0.3, -0.25) is 9.59 Å². The highest BCUT2D eigenvalue weighted by Crippen LogP contribution is 2.43. The number of carbonyl (C=O) groups is 2. The molecule has 146 valence electrons. The summed E-state index contributed by atoms with van der Waals surface area (Å²) in [6, 6.07) is 12.6. The lowest BCUT2D eigenvalue weighted by molar-refractivity contribution is -0.140. The van der Waals surface area contributed by atoms with Crippen molar-refractivity contribution in [3.63, 3.8) is 0 Å². The van der Waals surface area contributed by atoms with Crippen molar-refractivity contribution in [3.8, 4) is 11.5 Å². The predicted octanol–water partition coefficient (Wildman–Crippen LogP) is 2.12. The highest BCUT2D eigenvalue weighted by molar-refractivity contribution is 6.46. The van der Waals surface area contributed by atoms with Crippen molar-refractivity contribution in [3.05, 3.63) is 65.2 Å². The first-order valence-corrected chi connectivity index (χ1v) is 8.70. The Labute approximate surface area is 162 Å². The summed E-state index contributed by atoms with van der Waals surface area (Å²) in [6.07, 6.45) is 0. The number of aliphatic hydroxyl groups is 2. The van der Waals surface area contributed by atoms with Crippen molar-refractivity contribution in [1.29, 1.82) is 0 Å². The van der Waals surface area contributed by atoms with Crippen LogP contribution in [-0.2, 0) is 9.59 Å². The Kier molecular flexibility index (Phi) is 5.65. The van der Waals surface area contributed by atoms with Crippen molar-refractivity contribution in [2.75, 3.05) is 27.4 Å². The van der Waals surface area contributed by atoms with E-state index in [9.17, 15) is 19.8 Å². The Morgan fingerprint density at radius 2 is 1.79 bits per heavy atom. The summed E-state index contributed by atoms with van der Waals surface area (Å²) in [5, 5.41) is 20.3. The highest BCUT2D eigenvalue weighted by Gasteiger charge is 2.46. The number of rotatable bonds is 6. The minimum Gasteiger partial charge on any atom is -0.507 e. The SMILES string of the molecule is COc1ccc(C2/C(=C(\O)c3ccccc3)C(=O)C(=O)N2CCO)c(OC)c1. The molecule has 1 fully saturated rings. The van der Waals surface area contributed by atoms with E-state index >= 15 is 0 Å². The van der Waals surface area contributed by atoms with Gasteiger partial charge >= 0.3 is 0 Å². The van der Waals surface area contributed by atoms with E-state index in [1.54, 1.807) is 48.5 Å². The number of methoxy groups -OCH3 is 2. The maximum atomic E-state index is 12.8. The molecule has 0 aliphatic carbocycles. The standard InChI is InChI=1S/C21H21NO6/c1-27-14-8-9-15(16(12-14)28-2)18-17(19(24)13-6-4-3-5-7-13)20(25)21(26)22(18)10-11-23/h3-9,12,18,23-24H,10-11H2,1-2H3/b19-17+. The molecule has 1 unspecified atom stereocenters. The van der Waals surface area contributed by atoms with Crippen LogP contribution in [0.25, 0.3) is 5.76 Å². The van der Waals surface area contributed by atoms with Crippen LogP contribution in [0.2, 0.25) is 0 Å². The van der Waals surface area contributed by atoms with Gasteiger partial charge in [-0.05, 0) is 12.1 Å². The molecule has 1 aliphatic heterocycles. The maximum Gasteiger partial charge on any atom is 0.295 e. The lowest BCUT2D eigenvalue weighted by Crippen LogP contribution is -2.32. The van der Waals surface area contributed by atoms with Gasteiger partial charge in [0.25, 0.3) is 11.7 Å². The molecule has 0 saturated carbocycles. The summed E-state index contributed by atoms with van der Waals surface area (Å²) >= 11 is 0. The summed E-state index contributed by atoms with van der Waals surface area (Å²) in [5.74, 6) is -0.926. The summed E-state index contributed by atoms with van der Waals surface area (Å²) in [7, 11) is 2.98. The number of β-amino-alcohol motifs (C(OH)–C–C–N with tert-alkyl or cyclic N) is 1. The number of hydrogen-bond donors (Lipinski definition) is 2. The number of amides is 1. The van der Waals surface area contributed by atoms with Crippen LogP contribution >= 0.6 is 0 Å². The number of Topliss-reactive ketones (excluding diaryl/α,β-unsaturated/α-hetero) is 1. The Bertz CT molecular complexity index is 922. The second-order valence-electron chi connectivity index (χ2n) is 6.19. The van der Waals surface area contributed by atoms with E-state index in [1.807, 2.05) is 0 Å². The fourth-order valence-corrected chi connectivity index (χ4v) is 3.34. The number of likely N-dealkylation sites (tertiary alicyclic amines) is 1. The van der Waals surface area contributed by atoms with E-state index < -0.39 is 17.7 Å². The highest BCUT2D eigenvalue weighted by atomic mass is 16.5. The first-order chi connectivity index (χ1) is 13.5. The van der Waals surface area contributed by atoms with E-state index in [1.165, 1.54) is 19.1 Å². The van der Waals surface area contributed by atoms with E-state index in [4.69, 9.17) is 9.47 Å². The van der Waals surface area contributed by atoms with Gasteiger partial charge in [-0.1, -0.05) is 30.3 Å². The number of carbonyl (C=O) groups excluding carboxylic acids is 2. The van der Waals surface area contributed by atoms with E-state index in [-0.39, 0.29) is 24.5 Å². The van der Waals surface area contributed by atoms with Gasteiger partial charge in [0.15, 0.2) is 0 Å². The maximum absolute atomic E-state index is 12.8. The number of nitrogens with zero attached hydrogens (tertiary/aromatic N) is 1. The molecular formula is C21H21NO6. The monoisotopic (exact) mass is 383 g/mol. The summed E-state index contributed by atoms with van der Waals surface area (Å²) in [4.78, 5) is 26.6. The van der Waals surface area contributed by atoms with Gasteiger partial charge in [0.1, 0.15) is 17.3 Å². The molecule has 3 rings (SSSR count). The van der Waals surface area contributed by atoms with Crippen LogP contribution in [0.5, 0.6) is 11.5 Å². The van der Waals surface area contributed by atoms with Gasteiger partial charge in [0, 0.05) is 23.7 Å². The van der Waals surface area contributed by atoms with Crippen LogP contribution < -0.4 is 9.47 Å². The smallest absolute Gasteiger partial charge is 0.295 e. The lowest BCUT2D eigenvalue weighted by atomic mass is 9.94. The zero-order chi connectivity index (χ0) is 20.3. The second-order valence-corrected chi connectivity index (χ2v) is 6.19. The zero-order valence-corrected chi connectivity index (χ0v) is 15.6. The van der Waals surface area contributed by atoms with Gasteiger partial charge in [-0.25, -0.2) is 0 Å². The molecule has 7 heteroatoms. The van der Waals surface area contributed by atoms with Gasteiger partial charge < -0.3 is 24.6 Å². The summed E-state index contributed by atoms with van der Waals surface area (Å²) in [6.45, 7) is -0.386. The molecule has 0 bridgehead atoms. The molecule has 0 aromatic heterocycles. The van der Waals surface area contributed by atoms with Gasteiger partial charge in [-0.2, -0.15) is 0 Å². The number of hydrogen-bond acceptors (Lipinski definition) is 6. The minimum atomic E-state index is -0.895. The molecule has 0 spiro atoms. The van der Waals surface area contributed by atoms with Gasteiger partial charge in [0.05, 0.1) is 32.4 Å². The zero-order valence-electron chi connectivity index (χ0n) is 15.6. The largest absolute Gasteiger partial charge is 0.507 e. The quantitative estimate of drug-likeness (QED) is 0.451. The normalized spacial score (nSPS) is 18.4. The number of ketones is 1. The fourth-order valence-electron chi connectivity index (χ4n) is 3.34. The predicted molar refractivity (Wildman–Crippen MR) is 102 cm³/mol. The van der Waals surface area contributed by atoms with Crippen LogP contribution in [0.4, 0.5) is 0 Å². The Balaban J connectivity index is 2.23. The molecule has 28 heavy (non-hydrogen) atoms. The van der Waals surface area contributed by atoms with Crippen LogP contribution in [0.15, 0.2) is 54.1 Å². The summed E-state index contributed by atoms with van der Waals surface area (Å²) < 4.78 is 10.6. The molecule has 1 amide bonds. The van der Waals surface area contributed by atoms with Crippen LogP contribution in [0.1, 0.15) is 17.2 Å². The molecular weight excluding hydrogens is 362 g/mol. The van der Waals surface area contributed by atoms with Crippen molar-refractivity contribution < 1.29 is 29.3 Å². The van der Waals surface area contributed by atoms with E-state index in [0.29, 0.717) is 22.6 Å². The summed E-state index contributed by atoms with van der Waals surface area (Å²) in [5.41, 5.74) is 0.878. The molecule has 1 saturated heterocycles. The van der Waals surface area contributed by atoms with Crippen LogP contribution in [-0.4, -0.2) is 54.2 Å². The van der Waals surface area contributed by atoms with Crippen LogP contribution in [0.3, 0.4) is 0 Å². The Morgan fingerprint density at radius 1 is 1.07 bits per heavy atom. The Morgan fingerprint density at radius 3 is 2.39 bits per heavy atom. The average Bonchev–Trinajstić information content (AvgIpc) is 2.98. The molecule has 1 heterocycles. The van der Waals surface area contributed by atoms with Crippen molar-refractivity contribution in [1.82, 2.24) is 4.90 Å². The number of ether oxygens (including phenoxy) is 2. The molecule has 1 atom stereocenters. The molecule has 1 aliphatic rings. The van der Waals surface area contributed by atoms with E-state index in [0.717, 1.165) is 0 Å². The van der Waals surface area contributed by atoms with Gasteiger partial charge in [0.2, 0.25) is 0 Å². The minimum absolute atomic E-state index is 0.0480. The number of aliphatic hydroxyl groups excluding tert-OH is 2. The average molecular weight is 383 g/mol. The Hall–Kier alpha value is -3.32. The second kappa shape index (κ2) is 8.14. The fraction of sp³-hybridized carbons (Fsp3) is 0.238.